The zero-order valence-corrected chi connectivity index (χ0v) is 9.43. The Morgan fingerprint density at radius 2 is 2.38 bits per heavy atom. The van der Waals surface area contributed by atoms with Gasteiger partial charge in [0.25, 0.3) is 0 Å². The number of likely N-dealkylation sites (N-methyl/N-ethyl adjacent to an activating group) is 1. The van der Waals surface area contributed by atoms with Crippen LogP contribution >= 0.6 is 0 Å². The fourth-order valence-corrected chi connectivity index (χ4v) is 1.88. The molecule has 0 bridgehead atoms. The number of carbonyl (C=O) groups excluding carboxylic acids is 1. The maximum atomic E-state index is 11.8. The average Bonchev–Trinajstić information content (AvgIpc) is 2.42. The van der Waals surface area contributed by atoms with Crippen molar-refractivity contribution in [1.82, 2.24) is 4.98 Å². The minimum Gasteiger partial charge on any atom is -0.481 e. The maximum absolute atomic E-state index is 11.8. The third-order valence-electron chi connectivity index (χ3n) is 2.88. The summed E-state index contributed by atoms with van der Waals surface area (Å²) in [6.45, 7) is 0. The minimum absolute atomic E-state index is 0.0642. The van der Waals surface area contributed by atoms with Gasteiger partial charge in [-0.2, -0.15) is 0 Å². The van der Waals surface area contributed by atoms with E-state index in [4.69, 9.17) is 10.5 Å². The van der Waals surface area contributed by atoms with Crippen LogP contribution in [0.15, 0.2) is 12.3 Å². The SMILES string of the molecule is COc1cc2c(cn1)N(C)C(=O)[C@H](N)CC2. The molecule has 0 aromatic carbocycles. The Kier molecular flexibility index (Phi) is 2.78. The molecule has 0 aliphatic carbocycles. The summed E-state index contributed by atoms with van der Waals surface area (Å²) in [5.41, 5.74) is 7.65. The number of nitrogens with two attached hydrogens (primary N) is 1. The topological polar surface area (TPSA) is 68.5 Å². The number of carbonyl (C=O) groups is 1. The molecule has 1 aromatic heterocycles. The Bertz CT molecular complexity index is 420. The highest BCUT2D eigenvalue weighted by molar-refractivity contribution is 5.97. The van der Waals surface area contributed by atoms with Crippen LogP contribution in [0, 0.1) is 0 Å². The van der Waals surface area contributed by atoms with Gasteiger partial charge >= 0.3 is 0 Å². The second-order valence-corrected chi connectivity index (χ2v) is 3.90. The lowest BCUT2D eigenvalue weighted by Crippen LogP contribution is -2.40. The van der Waals surface area contributed by atoms with Crippen LogP contribution < -0.4 is 15.4 Å². The van der Waals surface area contributed by atoms with Crippen molar-refractivity contribution < 1.29 is 9.53 Å². The van der Waals surface area contributed by atoms with Crippen LogP contribution in [0.3, 0.4) is 0 Å². The number of hydrogen-bond donors (Lipinski definition) is 1. The van der Waals surface area contributed by atoms with Crippen molar-refractivity contribution in [3.63, 3.8) is 0 Å². The largest absolute Gasteiger partial charge is 0.481 e. The summed E-state index contributed by atoms with van der Waals surface area (Å²) in [6.07, 6.45) is 3.08. The highest BCUT2D eigenvalue weighted by Gasteiger charge is 2.25. The van der Waals surface area contributed by atoms with Gasteiger partial charge in [-0.15, -0.1) is 0 Å². The lowest BCUT2D eigenvalue weighted by molar-refractivity contribution is -0.119. The Labute approximate surface area is 94.2 Å². The van der Waals surface area contributed by atoms with E-state index in [1.807, 2.05) is 6.07 Å². The van der Waals surface area contributed by atoms with E-state index >= 15 is 0 Å². The first kappa shape index (κ1) is 10.9. The van der Waals surface area contributed by atoms with Gasteiger partial charge in [-0.05, 0) is 18.4 Å². The predicted octanol–water partition coefficient (Wildman–Crippen LogP) is 0.326. The molecule has 1 aliphatic rings. The summed E-state index contributed by atoms with van der Waals surface area (Å²) in [5, 5.41) is 0. The predicted molar refractivity (Wildman–Crippen MR) is 60.5 cm³/mol. The van der Waals surface area contributed by atoms with Crippen LogP contribution in [0.25, 0.3) is 0 Å². The number of anilines is 1. The van der Waals surface area contributed by atoms with Gasteiger partial charge in [-0.3, -0.25) is 4.79 Å². The second-order valence-electron chi connectivity index (χ2n) is 3.90. The molecule has 1 atom stereocenters. The van der Waals surface area contributed by atoms with Crippen molar-refractivity contribution in [2.45, 2.75) is 18.9 Å². The molecule has 2 heterocycles. The number of aromatic nitrogens is 1. The van der Waals surface area contributed by atoms with Gasteiger partial charge in [0.05, 0.1) is 25.0 Å². The van der Waals surface area contributed by atoms with E-state index in [-0.39, 0.29) is 5.91 Å². The fourth-order valence-electron chi connectivity index (χ4n) is 1.88. The third kappa shape index (κ3) is 1.74. The summed E-state index contributed by atoms with van der Waals surface area (Å²) in [7, 11) is 3.30. The molecule has 5 nitrogen and oxygen atoms in total. The van der Waals surface area contributed by atoms with Crippen LogP contribution in [0.2, 0.25) is 0 Å². The number of fused-ring (bicyclic) bond motifs is 1. The molecule has 1 amide bonds. The van der Waals surface area contributed by atoms with Crippen molar-refractivity contribution in [2.24, 2.45) is 5.73 Å². The van der Waals surface area contributed by atoms with E-state index in [0.29, 0.717) is 12.3 Å². The zero-order chi connectivity index (χ0) is 11.7. The smallest absolute Gasteiger partial charge is 0.243 e. The standard InChI is InChI=1S/C11H15N3O2/c1-14-9-6-13-10(16-2)5-7(9)3-4-8(12)11(14)15/h5-6,8H,3-4,12H2,1-2H3/t8-/m1/s1. The highest BCUT2D eigenvalue weighted by Crippen LogP contribution is 2.27. The number of methoxy groups -OCH3 is 1. The van der Waals surface area contributed by atoms with Gasteiger partial charge in [0.1, 0.15) is 0 Å². The molecule has 5 heteroatoms. The normalized spacial score (nSPS) is 20.3. The van der Waals surface area contributed by atoms with Crippen LogP contribution in [0.1, 0.15) is 12.0 Å². The molecular formula is C11H15N3O2. The van der Waals surface area contributed by atoms with Gasteiger partial charge < -0.3 is 15.4 Å². The van der Waals surface area contributed by atoms with Crippen LogP contribution in [0.4, 0.5) is 5.69 Å². The summed E-state index contributed by atoms with van der Waals surface area (Å²) in [4.78, 5) is 17.5. The first-order valence-corrected chi connectivity index (χ1v) is 5.19. The molecule has 0 radical (unpaired) electrons. The van der Waals surface area contributed by atoms with Crippen LogP contribution in [-0.2, 0) is 11.2 Å². The van der Waals surface area contributed by atoms with Crippen LogP contribution in [0.5, 0.6) is 5.88 Å². The van der Waals surface area contributed by atoms with E-state index in [1.165, 1.54) is 0 Å². The zero-order valence-electron chi connectivity index (χ0n) is 9.43. The average molecular weight is 221 g/mol. The van der Waals surface area contributed by atoms with Crippen molar-refractivity contribution in [3.05, 3.63) is 17.8 Å². The van der Waals surface area contributed by atoms with E-state index in [0.717, 1.165) is 17.7 Å². The van der Waals surface area contributed by atoms with Gasteiger partial charge in [-0.1, -0.05) is 0 Å². The summed E-state index contributed by atoms with van der Waals surface area (Å²) < 4.78 is 5.06. The van der Waals surface area contributed by atoms with Gasteiger partial charge in [0.2, 0.25) is 11.8 Å². The highest BCUT2D eigenvalue weighted by atomic mass is 16.5. The summed E-state index contributed by atoms with van der Waals surface area (Å²) in [6, 6.07) is 1.43. The van der Waals surface area contributed by atoms with E-state index in [9.17, 15) is 4.79 Å². The number of hydrogen-bond acceptors (Lipinski definition) is 4. The molecule has 0 fully saturated rings. The molecule has 0 unspecified atom stereocenters. The first-order chi connectivity index (χ1) is 7.63. The monoisotopic (exact) mass is 221 g/mol. The van der Waals surface area contributed by atoms with Gasteiger partial charge in [0, 0.05) is 13.1 Å². The van der Waals surface area contributed by atoms with Crippen molar-refractivity contribution >= 4 is 11.6 Å². The van der Waals surface area contributed by atoms with E-state index in [2.05, 4.69) is 4.98 Å². The molecule has 86 valence electrons. The van der Waals surface area contributed by atoms with Crippen molar-refractivity contribution in [3.8, 4) is 5.88 Å². The molecule has 1 aliphatic heterocycles. The van der Waals surface area contributed by atoms with Gasteiger partial charge in [-0.25, -0.2) is 4.98 Å². The van der Waals surface area contributed by atoms with Crippen molar-refractivity contribution in [2.75, 3.05) is 19.1 Å². The minimum atomic E-state index is -0.427. The first-order valence-electron chi connectivity index (χ1n) is 5.19. The number of ether oxygens (including phenoxy) is 1. The number of pyridine rings is 1. The lowest BCUT2D eigenvalue weighted by atomic mass is 10.1. The maximum Gasteiger partial charge on any atom is 0.243 e. The van der Waals surface area contributed by atoms with Gasteiger partial charge in [0.15, 0.2) is 0 Å². The molecule has 0 saturated carbocycles. The summed E-state index contributed by atoms with van der Waals surface area (Å²) >= 11 is 0. The quantitative estimate of drug-likeness (QED) is 0.742. The lowest BCUT2D eigenvalue weighted by Gasteiger charge is -2.19. The van der Waals surface area contributed by atoms with Crippen molar-refractivity contribution in [1.29, 1.82) is 0 Å². The second kappa shape index (κ2) is 4.09. The number of rotatable bonds is 1. The fraction of sp³-hybridized carbons (Fsp3) is 0.455. The number of amides is 1. The number of aryl methyl sites for hydroxylation is 1. The molecule has 0 spiro atoms. The molecule has 2 N–H and O–H groups in total. The molecule has 1 aromatic rings. The molecular weight excluding hydrogens is 206 g/mol. The summed E-state index contributed by atoms with van der Waals surface area (Å²) in [5.74, 6) is 0.501. The van der Waals surface area contributed by atoms with Crippen LogP contribution in [-0.4, -0.2) is 31.1 Å². The number of nitrogens with zero attached hydrogens (tertiary/aromatic N) is 2. The van der Waals surface area contributed by atoms with E-state index < -0.39 is 6.04 Å². The third-order valence-corrected chi connectivity index (χ3v) is 2.88. The Morgan fingerprint density at radius 3 is 3.06 bits per heavy atom. The molecule has 16 heavy (non-hydrogen) atoms. The molecule has 2 rings (SSSR count). The Hall–Kier alpha value is -1.62. The Morgan fingerprint density at radius 1 is 1.62 bits per heavy atom. The van der Waals surface area contributed by atoms with E-state index in [1.54, 1.807) is 25.3 Å². The Balaban J connectivity index is 2.43. The molecule has 0 saturated heterocycles.